The fraction of sp³-hybridized carbons (Fsp3) is 0.381. The number of nitrogens with one attached hydrogen (secondary N) is 1. The monoisotopic (exact) mass is 380 g/mol. The van der Waals surface area contributed by atoms with Crippen LogP contribution in [0.25, 0.3) is 16.9 Å². The number of carbonyl (C=O) groups is 1. The molecule has 3 heterocycles. The number of hydrogen-bond donors (Lipinski definition) is 1. The van der Waals surface area contributed by atoms with Crippen LogP contribution in [0.2, 0.25) is 0 Å². The van der Waals surface area contributed by atoms with Crippen molar-refractivity contribution in [1.29, 1.82) is 0 Å². The Morgan fingerprint density at radius 1 is 1.43 bits per heavy atom. The van der Waals surface area contributed by atoms with Crippen molar-refractivity contribution >= 4 is 11.6 Å². The van der Waals surface area contributed by atoms with Crippen molar-refractivity contribution in [3.63, 3.8) is 0 Å². The van der Waals surface area contributed by atoms with E-state index in [2.05, 4.69) is 16.9 Å². The Bertz CT molecular complexity index is 1130. The fourth-order valence-corrected chi connectivity index (χ4v) is 3.60. The number of hydrogen-bond acceptors (Lipinski definition) is 4. The summed E-state index contributed by atoms with van der Waals surface area (Å²) in [6.45, 7) is 9.82. The Labute approximate surface area is 162 Å². The summed E-state index contributed by atoms with van der Waals surface area (Å²) in [5.41, 5.74) is 1.72. The molecule has 1 aliphatic carbocycles. The average Bonchev–Trinajstić information content (AvgIpc) is 3.32. The van der Waals surface area contributed by atoms with Crippen LogP contribution in [0, 0.1) is 19.8 Å². The van der Waals surface area contributed by atoms with E-state index in [0.29, 0.717) is 18.2 Å². The standard InChI is InChI=1S/C21H24N4O3/c1-5-8-25-18(16-9-12(2)28-14(16)4)11-24-10-17(23-19(24)21(25)27)20(26)22-13(3)15-6-7-15/h5,9-11,13,15H,1,6-8H2,2-4H3,(H,22,26)/t13-/m1/s1. The van der Waals surface area contributed by atoms with Crippen LogP contribution in [0.3, 0.4) is 0 Å². The van der Waals surface area contributed by atoms with E-state index in [1.165, 1.54) is 0 Å². The van der Waals surface area contributed by atoms with Gasteiger partial charge in [-0.1, -0.05) is 6.08 Å². The molecule has 1 N–H and O–H groups in total. The van der Waals surface area contributed by atoms with Crippen molar-refractivity contribution in [2.45, 2.75) is 46.2 Å². The molecule has 146 valence electrons. The molecule has 3 aromatic heterocycles. The number of aromatic nitrogens is 3. The highest BCUT2D eigenvalue weighted by molar-refractivity contribution is 5.93. The third kappa shape index (κ3) is 3.17. The second-order valence-corrected chi connectivity index (χ2v) is 7.50. The smallest absolute Gasteiger partial charge is 0.295 e. The highest BCUT2D eigenvalue weighted by atomic mass is 16.3. The second kappa shape index (κ2) is 6.82. The first-order valence-corrected chi connectivity index (χ1v) is 9.50. The zero-order valence-electron chi connectivity index (χ0n) is 16.4. The lowest BCUT2D eigenvalue weighted by Crippen LogP contribution is -2.34. The summed E-state index contributed by atoms with van der Waals surface area (Å²) in [7, 11) is 0. The van der Waals surface area contributed by atoms with Crippen LogP contribution >= 0.6 is 0 Å². The first-order chi connectivity index (χ1) is 13.4. The van der Waals surface area contributed by atoms with E-state index in [1.54, 1.807) is 21.2 Å². The van der Waals surface area contributed by atoms with E-state index in [0.717, 1.165) is 29.9 Å². The van der Waals surface area contributed by atoms with Crippen molar-refractivity contribution in [3.8, 4) is 11.3 Å². The topological polar surface area (TPSA) is 81.5 Å². The van der Waals surface area contributed by atoms with E-state index in [-0.39, 0.29) is 28.8 Å². The molecule has 1 atom stereocenters. The van der Waals surface area contributed by atoms with E-state index in [1.807, 2.05) is 33.0 Å². The number of allylic oxidation sites excluding steroid dienone is 1. The quantitative estimate of drug-likeness (QED) is 0.666. The number of aryl methyl sites for hydroxylation is 2. The minimum atomic E-state index is -0.273. The lowest BCUT2D eigenvalue weighted by molar-refractivity contribution is 0.0931. The summed E-state index contributed by atoms with van der Waals surface area (Å²) in [5.74, 6) is 1.79. The number of furan rings is 1. The Balaban J connectivity index is 1.81. The second-order valence-electron chi connectivity index (χ2n) is 7.50. The average molecular weight is 380 g/mol. The van der Waals surface area contributed by atoms with Crippen molar-refractivity contribution in [2.75, 3.05) is 0 Å². The minimum absolute atomic E-state index is 0.113. The Hall–Kier alpha value is -3.09. The van der Waals surface area contributed by atoms with Gasteiger partial charge in [0.2, 0.25) is 5.65 Å². The maximum absolute atomic E-state index is 13.1. The van der Waals surface area contributed by atoms with Gasteiger partial charge in [-0.25, -0.2) is 4.98 Å². The molecule has 0 unspecified atom stereocenters. The molecule has 1 amide bonds. The zero-order valence-corrected chi connectivity index (χ0v) is 16.4. The molecule has 0 aromatic carbocycles. The summed E-state index contributed by atoms with van der Waals surface area (Å²) in [6.07, 6.45) is 7.37. The molecule has 3 aromatic rings. The number of fused-ring (bicyclic) bond motifs is 1. The SMILES string of the molecule is C=CCn1c(-c2cc(C)oc2C)cn2cc(C(=O)N[C@H](C)C3CC3)nc2c1=O. The van der Waals surface area contributed by atoms with E-state index < -0.39 is 0 Å². The maximum atomic E-state index is 13.1. The number of nitrogens with zero attached hydrogens (tertiary/aromatic N) is 3. The number of carbonyl (C=O) groups excluding carboxylic acids is 1. The molecule has 0 spiro atoms. The normalized spacial score (nSPS) is 15.0. The van der Waals surface area contributed by atoms with Gasteiger partial charge in [0.15, 0.2) is 0 Å². The molecule has 1 aliphatic rings. The van der Waals surface area contributed by atoms with Gasteiger partial charge in [0.1, 0.15) is 17.2 Å². The molecule has 0 radical (unpaired) electrons. The van der Waals surface area contributed by atoms with E-state index in [9.17, 15) is 9.59 Å². The predicted octanol–water partition coefficient (Wildman–Crippen LogP) is 3.09. The van der Waals surface area contributed by atoms with Gasteiger partial charge >= 0.3 is 0 Å². The lowest BCUT2D eigenvalue weighted by Gasteiger charge is -2.11. The van der Waals surface area contributed by atoms with Crippen molar-refractivity contribution < 1.29 is 9.21 Å². The Morgan fingerprint density at radius 2 is 2.18 bits per heavy atom. The fourth-order valence-electron chi connectivity index (χ4n) is 3.60. The van der Waals surface area contributed by atoms with Gasteiger partial charge in [-0.3, -0.25) is 18.6 Å². The van der Waals surface area contributed by atoms with Gasteiger partial charge in [-0.15, -0.1) is 6.58 Å². The van der Waals surface area contributed by atoms with Crippen LogP contribution in [0.4, 0.5) is 0 Å². The largest absolute Gasteiger partial charge is 0.466 e. The molecule has 0 aliphatic heterocycles. The molecule has 7 nitrogen and oxygen atoms in total. The Kier molecular flexibility index (Phi) is 4.45. The maximum Gasteiger partial charge on any atom is 0.295 e. The van der Waals surface area contributed by atoms with E-state index >= 15 is 0 Å². The van der Waals surface area contributed by atoms with Crippen molar-refractivity contribution in [3.05, 3.63) is 58.7 Å². The number of rotatable bonds is 6. The molecule has 1 saturated carbocycles. The summed E-state index contributed by atoms with van der Waals surface area (Å²) in [6, 6.07) is 2.01. The van der Waals surface area contributed by atoms with Gasteiger partial charge in [0, 0.05) is 30.5 Å². The number of amides is 1. The highest BCUT2D eigenvalue weighted by Crippen LogP contribution is 2.32. The van der Waals surface area contributed by atoms with Crippen LogP contribution in [0.15, 0.2) is 40.3 Å². The molecule has 1 fully saturated rings. The molecule has 28 heavy (non-hydrogen) atoms. The van der Waals surface area contributed by atoms with Gasteiger partial charge in [-0.05, 0) is 45.6 Å². The lowest BCUT2D eigenvalue weighted by atomic mass is 10.2. The molecule has 0 saturated heterocycles. The zero-order chi connectivity index (χ0) is 20.0. The minimum Gasteiger partial charge on any atom is -0.466 e. The summed E-state index contributed by atoms with van der Waals surface area (Å²) < 4.78 is 8.86. The molecule has 0 bridgehead atoms. The first-order valence-electron chi connectivity index (χ1n) is 9.50. The van der Waals surface area contributed by atoms with Crippen LogP contribution in [-0.2, 0) is 6.54 Å². The molecule has 4 rings (SSSR count). The van der Waals surface area contributed by atoms with E-state index in [4.69, 9.17) is 4.42 Å². The van der Waals surface area contributed by atoms with Crippen molar-refractivity contribution in [1.82, 2.24) is 19.3 Å². The van der Waals surface area contributed by atoms with Gasteiger partial charge in [0.05, 0.1) is 5.69 Å². The van der Waals surface area contributed by atoms with Gasteiger partial charge in [0.25, 0.3) is 11.5 Å². The van der Waals surface area contributed by atoms with Crippen LogP contribution in [0.5, 0.6) is 0 Å². The predicted molar refractivity (Wildman–Crippen MR) is 106 cm³/mol. The summed E-state index contributed by atoms with van der Waals surface area (Å²) in [4.78, 5) is 30.0. The van der Waals surface area contributed by atoms with Gasteiger partial charge < -0.3 is 9.73 Å². The highest BCUT2D eigenvalue weighted by Gasteiger charge is 2.29. The Morgan fingerprint density at radius 3 is 2.79 bits per heavy atom. The van der Waals surface area contributed by atoms with Crippen LogP contribution < -0.4 is 10.9 Å². The molecular formula is C21H24N4O3. The third-order valence-electron chi connectivity index (χ3n) is 5.27. The summed E-state index contributed by atoms with van der Waals surface area (Å²) >= 11 is 0. The molecule has 7 heteroatoms. The molecular weight excluding hydrogens is 356 g/mol. The van der Waals surface area contributed by atoms with Crippen LogP contribution in [-0.4, -0.2) is 25.9 Å². The van der Waals surface area contributed by atoms with Crippen molar-refractivity contribution in [2.24, 2.45) is 5.92 Å². The van der Waals surface area contributed by atoms with Gasteiger partial charge in [-0.2, -0.15) is 0 Å². The third-order valence-corrected chi connectivity index (χ3v) is 5.27. The summed E-state index contributed by atoms with van der Waals surface area (Å²) in [5, 5.41) is 2.98. The number of imidazole rings is 1. The first kappa shape index (κ1) is 18.3. The van der Waals surface area contributed by atoms with Crippen LogP contribution in [0.1, 0.15) is 41.8 Å².